The van der Waals surface area contributed by atoms with E-state index in [1.165, 1.54) is 10.5 Å². The molecule has 1 atom stereocenters. The van der Waals surface area contributed by atoms with Gasteiger partial charge in [0.05, 0.1) is 0 Å². The van der Waals surface area contributed by atoms with Crippen molar-refractivity contribution in [2.75, 3.05) is 18.5 Å². The third-order valence-corrected chi connectivity index (χ3v) is 4.08. The molecule has 2 aromatic rings. The summed E-state index contributed by atoms with van der Waals surface area (Å²) in [6, 6.07) is 10.8. The molecule has 0 amide bonds. The number of nitrogens with two attached hydrogens (primary N) is 1. The van der Waals surface area contributed by atoms with Crippen molar-refractivity contribution in [1.82, 2.24) is 10.3 Å². The van der Waals surface area contributed by atoms with Crippen LogP contribution < -0.4 is 11.1 Å². The summed E-state index contributed by atoms with van der Waals surface area (Å²) in [5.74, 6) is 0. The van der Waals surface area contributed by atoms with Crippen LogP contribution in [-0.4, -0.2) is 17.8 Å². The van der Waals surface area contributed by atoms with Gasteiger partial charge in [0.1, 0.15) is 0 Å². The van der Waals surface area contributed by atoms with E-state index < -0.39 is 0 Å². The van der Waals surface area contributed by atoms with Crippen molar-refractivity contribution in [1.29, 1.82) is 0 Å². The highest BCUT2D eigenvalue weighted by atomic mass is 32.2. The van der Waals surface area contributed by atoms with Gasteiger partial charge < -0.3 is 11.1 Å². The van der Waals surface area contributed by atoms with Crippen molar-refractivity contribution >= 4 is 17.4 Å². The van der Waals surface area contributed by atoms with Crippen LogP contribution in [0.4, 0.5) is 5.69 Å². The Labute approximate surface area is 125 Å². The molecule has 0 fully saturated rings. The van der Waals surface area contributed by atoms with E-state index in [4.69, 9.17) is 5.73 Å². The molecular weight excluding hydrogens is 266 g/mol. The number of thioether (sulfide) groups is 1. The first kappa shape index (κ1) is 14.9. The fraction of sp³-hybridized carbons (Fsp3) is 0.312. The Morgan fingerprint density at radius 1 is 1.25 bits per heavy atom. The summed E-state index contributed by atoms with van der Waals surface area (Å²) in [5, 5.41) is 3.52. The molecule has 4 heteroatoms. The van der Waals surface area contributed by atoms with Crippen molar-refractivity contribution in [2.24, 2.45) is 0 Å². The van der Waals surface area contributed by atoms with E-state index in [9.17, 15) is 0 Å². The van der Waals surface area contributed by atoms with Gasteiger partial charge >= 0.3 is 0 Å². The molecule has 0 aliphatic heterocycles. The van der Waals surface area contributed by atoms with Gasteiger partial charge in [-0.25, -0.2) is 0 Å². The molecule has 0 spiro atoms. The van der Waals surface area contributed by atoms with E-state index in [0.717, 1.165) is 24.2 Å². The lowest BCUT2D eigenvalue weighted by Gasteiger charge is -2.19. The molecule has 2 rings (SSSR count). The minimum atomic E-state index is 0.266. The Morgan fingerprint density at radius 3 is 2.60 bits per heavy atom. The molecule has 1 unspecified atom stereocenters. The third kappa shape index (κ3) is 3.74. The summed E-state index contributed by atoms with van der Waals surface area (Å²) in [4.78, 5) is 5.45. The van der Waals surface area contributed by atoms with E-state index in [1.807, 2.05) is 12.3 Å². The Kier molecular flexibility index (Phi) is 5.44. The predicted octanol–water partition coefficient (Wildman–Crippen LogP) is 3.28. The molecule has 1 heterocycles. The van der Waals surface area contributed by atoms with Crippen molar-refractivity contribution in [2.45, 2.75) is 24.3 Å². The second-order valence-corrected chi connectivity index (χ2v) is 5.54. The zero-order valence-electron chi connectivity index (χ0n) is 12.0. The van der Waals surface area contributed by atoms with Crippen LogP contribution in [0.15, 0.2) is 47.6 Å². The highest BCUT2D eigenvalue weighted by Gasteiger charge is 2.12. The Morgan fingerprint density at radius 2 is 2.00 bits per heavy atom. The van der Waals surface area contributed by atoms with Crippen LogP contribution in [-0.2, 0) is 6.42 Å². The highest BCUT2D eigenvalue weighted by Crippen LogP contribution is 2.23. The van der Waals surface area contributed by atoms with Crippen molar-refractivity contribution in [3.63, 3.8) is 0 Å². The van der Waals surface area contributed by atoms with Crippen LogP contribution in [0.2, 0.25) is 0 Å². The number of anilines is 1. The van der Waals surface area contributed by atoms with Crippen LogP contribution in [0.25, 0.3) is 0 Å². The molecule has 0 radical (unpaired) electrons. The maximum Gasteiger partial charge on any atom is 0.0378 e. The molecule has 0 saturated carbocycles. The first-order chi connectivity index (χ1) is 9.74. The fourth-order valence-electron chi connectivity index (χ4n) is 2.22. The van der Waals surface area contributed by atoms with Crippen molar-refractivity contribution < 1.29 is 0 Å². The largest absolute Gasteiger partial charge is 0.398 e. The molecule has 0 saturated heterocycles. The zero-order valence-corrected chi connectivity index (χ0v) is 12.8. The summed E-state index contributed by atoms with van der Waals surface area (Å²) >= 11 is 1.76. The maximum absolute atomic E-state index is 6.02. The number of hydrogen-bond acceptors (Lipinski definition) is 4. The number of nitrogens with one attached hydrogen (secondary N) is 1. The van der Waals surface area contributed by atoms with Gasteiger partial charge in [0.15, 0.2) is 0 Å². The SMILES string of the molecule is CCNC(Cc1cnccc1N)c1ccc(SC)cc1. The van der Waals surface area contributed by atoms with Gasteiger partial charge in [-0.15, -0.1) is 11.8 Å². The number of nitrogens with zero attached hydrogens (tertiary/aromatic N) is 1. The summed E-state index contributed by atoms with van der Waals surface area (Å²) in [6.07, 6.45) is 6.53. The Balaban J connectivity index is 2.19. The molecule has 0 aliphatic rings. The highest BCUT2D eigenvalue weighted by molar-refractivity contribution is 7.98. The zero-order chi connectivity index (χ0) is 14.4. The second kappa shape index (κ2) is 7.31. The van der Waals surface area contributed by atoms with Gasteiger partial charge in [-0.1, -0.05) is 19.1 Å². The summed E-state index contributed by atoms with van der Waals surface area (Å²) in [5.41, 5.74) is 9.20. The lowest BCUT2D eigenvalue weighted by molar-refractivity contribution is 0.549. The van der Waals surface area contributed by atoms with Gasteiger partial charge in [-0.3, -0.25) is 4.98 Å². The number of pyridine rings is 1. The summed E-state index contributed by atoms with van der Waals surface area (Å²) in [7, 11) is 0. The van der Waals surface area contributed by atoms with Crippen molar-refractivity contribution in [3.05, 3.63) is 53.9 Å². The average Bonchev–Trinajstić information content (AvgIpc) is 2.49. The number of likely N-dealkylation sites (N-methyl/N-ethyl adjacent to an activating group) is 1. The van der Waals surface area contributed by atoms with E-state index in [2.05, 4.69) is 47.7 Å². The number of aromatic nitrogens is 1. The minimum absolute atomic E-state index is 0.266. The maximum atomic E-state index is 6.02. The summed E-state index contributed by atoms with van der Waals surface area (Å²) in [6.45, 7) is 3.05. The van der Waals surface area contributed by atoms with Crippen LogP contribution in [0.1, 0.15) is 24.1 Å². The minimum Gasteiger partial charge on any atom is -0.398 e. The molecule has 3 N–H and O–H groups in total. The molecule has 3 nitrogen and oxygen atoms in total. The number of nitrogen functional groups attached to an aromatic ring is 1. The first-order valence-corrected chi connectivity index (χ1v) is 8.02. The van der Waals surface area contributed by atoms with E-state index >= 15 is 0 Å². The van der Waals surface area contributed by atoms with E-state index in [-0.39, 0.29) is 6.04 Å². The molecule has 106 valence electrons. The number of benzene rings is 1. The standard InChI is InChI=1S/C16H21N3S/c1-3-19-16(10-13-11-18-9-8-15(13)17)12-4-6-14(20-2)7-5-12/h4-9,11,16,19H,3,10H2,1-2H3,(H2,17,18). The summed E-state index contributed by atoms with van der Waals surface area (Å²) < 4.78 is 0. The Bertz CT molecular complexity index is 540. The van der Waals surface area contributed by atoms with Gasteiger partial charge in [0, 0.05) is 29.0 Å². The van der Waals surface area contributed by atoms with Crippen molar-refractivity contribution in [3.8, 4) is 0 Å². The quantitative estimate of drug-likeness (QED) is 0.801. The molecule has 0 aliphatic carbocycles. The van der Waals surface area contributed by atoms with Gasteiger partial charge in [-0.2, -0.15) is 0 Å². The molecular formula is C16H21N3S. The van der Waals surface area contributed by atoms with Crippen LogP contribution in [0.5, 0.6) is 0 Å². The lowest BCUT2D eigenvalue weighted by Crippen LogP contribution is -2.23. The predicted molar refractivity (Wildman–Crippen MR) is 87.0 cm³/mol. The second-order valence-electron chi connectivity index (χ2n) is 4.66. The first-order valence-electron chi connectivity index (χ1n) is 6.80. The van der Waals surface area contributed by atoms with Gasteiger partial charge in [0.25, 0.3) is 0 Å². The van der Waals surface area contributed by atoms with E-state index in [1.54, 1.807) is 18.0 Å². The lowest BCUT2D eigenvalue weighted by atomic mass is 9.99. The molecule has 1 aromatic carbocycles. The molecule has 1 aromatic heterocycles. The smallest absolute Gasteiger partial charge is 0.0378 e. The Hall–Kier alpha value is -1.52. The molecule has 20 heavy (non-hydrogen) atoms. The topological polar surface area (TPSA) is 50.9 Å². The number of rotatable bonds is 6. The van der Waals surface area contributed by atoms with Crippen LogP contribution in [0, 0.1) is 0 Å². The average molecular weight is 287 g/mol. The number of hydrogen-bond donors (Lipinski definition) is 2. The fourth-order valence-corrected chi connectivity index (χ4v) is 2.63. The van der Waals surface area contributed by atoms with Gasteiger partial charge in [0.2, 0.25) is 0 Å². The third-order valence-electron chi connectivity index (χ3n) is 3.33. The van der Waals surface area contributed by atoms with Gasteiger partial charge in [-0.05, 0) is 48.5 Å². The molecule has 0 bridgehead atoms. The van der Waals surface area contributed by atoms with Crippen LogP contribution >= 0.6 is 11.8 Å². The van der Waals surface area contributed by atoms with E-state index in [0.29, 0.717) is 0 Å². The monoisotopic (exact) mass is 287 g/mol. The normalized spacial score (nSPS) is 12.3. The van der Waals surface area contributed by atoms with Crippen LogP contribution in [0.3, 0.4) is 0 Å².